The van der Waals surface area contributed by atoms with Gasteiger partial charge < -0.3 is 10.8 Å². The minimum atomic E-state index is -1.02. The summed E-state index contributed by atoms with van der Waals surface area (Å²) in [5.74, 6) is -1.88. The minimum Gasteiger partial charge on any atom is -0.481 e. The van der Waals surface area contributed by atoms with E-state index < -0.39 is 11.8 Å². The molecule has 3 N–H and O–H groups in total. The van der Waals surface area contributed by atoms with Crippen LogP contribution in [0.4, 0.5) is 10.3 Å². The third-order valence-electron chi connectivity index (χ3n) is 2.13. The first-order valence-corrected chi connectivity index (χ1v) is 6.36. The number of aliphatic carboxylic acids is 1. The van der Waals surface area contributed by atoms with Crippen molar-refractivity contribution in [1.29, 1.82) is 0 Å². The van der Waals surface area contributed by atoms with Crippen molar-refractivity contribution < 1.29 is 14.3 Å². The molecule has 19 heavy (non-hydrogen) atoms. The summed E-state index contributed by atoms with van der Waals surface area (Å²) in [5, 5.41) is 16.4. The van der Waals surface area contributed by atoms with Crippen molar-refractivity contribution in [2.75, 3.05) is 11.5 Å². The van der Waals surface area contributed by atoms with E-state index in [-0.39, 0.29) is 27.6 Å². The van der Waals surface area contributed by atoms with Crippen LogP contribution in [0.2, 0.25) is 5.02 Å². The molecular weight excluding hydrogens is 295 g/mol. The Morgan fingerprint density at radius 2 is 2.26 bits per heavy atom. The van der Waals surface area contributed by atoms with Crippen molar-refractivity contribution in [2.45, 2.75) is 5.16 Å². The maximum Gasteiger partial charge on any atom is 0.313 e. The number of nitrogens with two attached hydrogens (primary N) is 1. The molecule has 1 heterocycles. The predicted molar refractivity (Wildman–Crippen MR) is 69.1 cm³/mol. The number of carbonyl (C=O) groups is 1. The topological polar surface area (TPSA) is 94.0 Å². The molecule has 2 rings (SSSR count). The van der Waals surface area contributed by atoms with Gasteiger partial charge in [0.05, 0.1) is 11.4 Å². The first-order chi connectivity index (χ1) is 8.99. The number of benzene rings is 1. The lowest BCUT2D eigenvalue weighted by atomic mass is 10.3. The van der Waals surface area contributed by atoms with Crippen LogP contribution in [-0.2, 0) is 4.79 Å². The van der Waals surface area contributed by atoms with Gasteiger partial charge in [0.2, 0.25) is 5.95 Å². The van der Waals surface area contributed by atoms with Gasteiger partial charge in [0, 0.05) is 5.02 Å². The summed E-state index contributed by atoms with van der Waals surface area (Å²) < 4.78 is 15.1. The van der Waals surface area contributed by atoms with Gasteiger partial charge in [0.1, 0.15) is 5.82 Å². The minimum absolute atomic E-state index is 0.0332. The summed E-state index contributed by atoms with van der Waals surface area (Å²) in [7, 11) is 0. The molecule has 1 aromatic carbocycles. The Morgan fingerprint density at radius 3 is 2.89 bits per heavy atom. The van der Waals surface area contributed by atoms with Gasteiger partial charge in [-0.15, -0.1) is 10.2 Å². The Labute approximate surface area is 116 Å². The molecule has 0 bridgehead atoms. The maximum atomic E-state index is 13.8. The van der Waals surface area contributed by atoms with Crippen molar-refractivity contribution in [1.82, 2.24) is 14.8 Å². The zero-order valence-electron chi connectivity index (χ0n) is 9.38. The fraction of sp³-hybridized carbons (Fsp3) is 0.100. The van der Waals surface area contributed by atoms with Crippen LogP contribution in [0.1, 0.15) is 0 Å². The maximum absolute atomic E-state index is 13.8. The van der Waals surface area contributed by atoms with Gasteiger partial charge >= 0.3 is 5.97 Å². The van der Waals surface area contributed by atoms with Gasteiger partial charge in [-0.05, 0) is 18.2 Å². The second kappa shape index (κ2) is 5.45. The summed E-state index contributed by atoms with van der Waals surface area (Å²) in [6.07, 6.45) is 0. The van der Waals surface area contributed by atoms with Crippen molar-refractivity contribution in [2.24, 2.45) is 0 Å². The zero-order valence-corrected chi connectivity index (χ0v) is 11.0. The Hall–Kier alpha value is -1.80. The molecule has 0 amide bonds. The number of anilines is 1. The molecule has 0 saturated carbocycles. The Bertz CT molecular complexity index is 634. The van der Waals surface area contributed by atoms with Gasteiger partial charge in [-0.3, -0.25) is 9.36 Å². The van der Waals surface area contributed by atoms with Crippen LogP contribution in [0.15, 0.2) is 23.4 Å². The van der Waals surface area contributed by atoms with Crippen molar-refractivity contribution in [3.63, 3.8) is 0 Å². The first-order valence-electron chi connectivity index (χ1n) is 5.00. The highest BCUT2D eigenvalue weighted by atomic mass is 35.5. The number of rotatable bonds is 4. The average molecular weight is 303 g/mol. The molecule has 9 heteroatoms. The molecular formula is C10H8ClFN4O2S. The van der Waals surface area contributed by atoms with Gasteiger partial charge in [-0.2, -0.15) is 0 Å². The zero-order chi connectivity index (χ0) is 14.0. The van der Waals surface area contributed by atoms with Gasteiger partial charge in [-0.1, -0.05) is 23.4 Å². The highest BCUT2D eigenvalue weighted by Gasteiger charge is 2.16. The summed E-state index contributed by atoms with van der Waals surface area (Å²) in [6.45, 7) is 0. The second-order valence-corrected chi connectivity index (χ2v) is 4.83. The van der Waals surface area contributed by atoms with Crippen LogP contribution in [0.25, 0.3) is 5.69 Å². The molecule has 6 nitrogen and oxygen atoms in total. The highest BCUT2D eigenvalue weighted by molar-refractivity contribution is 7.99. The average Bonchev–Trinajstić information content (AvgIpc) is 2.68. The largest absolute Gasteiger partial charge is 0.481 e. The van der Waals surface area contributed by atoms with E-state index in [9.17, 15) is 9.18 Å². The fourth-order valence-electron chi connectivity index (χ4n) is 1.39. The number of thioether (sulfide) groups is 1. The number of nitrogens with zero attached hydrogens (tertiary/aromatic N) is 3. The van der Waals surface area contributed by atoms with E-state index in [0.29, 0.717) is 0 Å². The number of aromatic nitrogens is 3. The van der Waals surface area contributed by atoms with Crippen LogP contribution in [0, 0.1) is 5.82 Å². The number of carboxylic acids is 1. The van der Waals surface area contributed by atoms with Crippen LogP contribution in [-0.4, -0.2) is 31.6 Å². The van der Waals surface area contributed by atoms with E-state index in [0.717, 1.165) is 17.8 Å². The summed E-state index contributed by atoms with van der Waals surface area (Å²) in [6, 6.07) is 4.04. The van der Waals surface area contributed by atoms with E-state index in [1.165, 1.54) is 16.7 Å². The van der Waals surface area contributed by atoms with Gasteiger partial charge in [0.25, 0.3) is 0 Å². The number of hydrogen-bond acceptors (Lipinski definition) is 5. The number of hydrogen-bond donors (Lipinski definition) is 2. The van der Waals surface area contributed by atoms with Crippen molar-refractivity contribution in [3.8, 4) is 5.69 Å². The lowest BCUT2D eigenvalue weighted by molar-refractivity contribution is -0.133. The summed E-state index contributed by atoms with van der Waals surface area (Å²) >= 11 is 6.56. The molecule has 100 valence electrons. The third-order valence-corrected chi connectivity index (χ3v) is 3.28. The standard InChI is InChI=1S/C10H8ClFN4O2S/c11-5-1-2-7(6(12)3-5)16-9(13)14-15-10(16)19-4-8(17)18/h1-3H,4H2,(H2,13,14)(H,17,18). The van der Waals surface area contributed by atoms with Crippen LogP contribution in [0.5, 0.6) is 0 Å². The molecule has 1 aromatic heterocycles. The third kappa shape index (κ3) is 2.96. The van der Waals surface area contributed by atoms with Crippen molar-refractivity contribution >= 4 is 35.3 Å². The molecule has 0 aliphatic heterocycles. The number of nitrogen functional groups attached to an aromatic ring is 1. The molecule has 0 radical (unpaired) electrons. The predicted octanol–water partition coefficient (Wildman–Crippen LogP) is 1.82. The van der Waals surface area contributed by atoms with E-state index in [1.54, 1.807) is 0 Å². The lowest BCUT2D eigenvalue weighted by Gasteiger charge is -2.08. The molecule has 2 aromatic rings. The molecule has 0 aliphatic carbocycles. The molecule has 0 saturated heterocycles. The van der Waals surface area contributed by atoms with Crippen LogP contribution >= 0.6 is 23.4 Å². The smallest absolute Gasteiger partial charge is 0.313 e. The molecule has 0 atom stereocenters. The molecule has 0 aliphatic rings. The van der Waals surface area contributed by atoms with Crippen molar-refractivity contribution in [3.05, 3.63) is 29.0 Å². The molecule has 0 fully saturated rings. The Balaban J connectivity index is 2.43. The summed E-state index contributed by atoms with van der Waals surface area (Å²) in [4.78, 5) is 10.5. The Morgan fingerprint density at radius 1 is 1.53 bits per heavy atom. The van der Waals surface area contributed by atoms with Crippen LogP contribution in [0.3, 0.4) is 0 Å². The van der Waals surface area contributed by atoms with E-state index in [1.807, 2.05) is 0 Å². The van der Waals surface area contributed by atoms with E-state index in [4.69, 9.17) is 22.4 Å². The second-order valence-electron chi connectivity index (χ2n) is 3.45. The molecule has 0 unspecified atom stereocenters. The quantitative estimate of drug-likeness (QED) is 0.837. The molecule has 0 spiro atoms. The number of carboxylic acid groups (broad SMARTS) is 1. The van der Waals surface area contributed by atoms with Gasteiger partial charge in [-0.25, -0.2) is 4.39 Å². The normalized spacial score (nSPS) is 10.6. The van der Waals surface area contributed by atoms with E-state index in [2.05, 4.69) is 10.2 Å². The SMILES string of the molecule is Nc1nnc(SCC(=O)O)n1-c1ccc(Cl)cc1F. The monoisotopic (exact) mass is 302 g/mol. The fourth-order valence-corrected chi connectivity index (χ4v) is 2.22. The lowest BCUT2D eigenvalue weighted by Crippen LogP contribution is -2.06. The van der Waals surface area contributed by atoms with Crippen LogP contribution < -0.4 is 5.73 Å². The Kier molecular flexibility index (Phi) is 3.91. The first kappa shape index (κ1) is 13.6. The summed E-state index contributed by atoms with van der Waals surface area (Å²) in [5.41, 5.74) is 5.73. The highest BCUT2D eigenvalue weighted by Crippen LogP contribution is 2.26. The van der Waals surface area contributed by atoms with Gasteiger partial charge in [0.15, 0.2) is 5.16 Å². The number of halogens is 2. The van der Waals surface area contributed by atoms with E-state index >= 15 is 0 Å².